The van der Waals surface area contributed by atoms with Crippen molar-refractivity contribution in [1.29, 1.82) is 0 Å². The summed E-state index contributed by atoms with van der Waals surface area (Å²) in [5.74, 6) is -0.674. The average Bonchev–Trinajstić information content (AvgIpc) is 2.55. The van der Waals surface area contributed by atoms with E-state index >= 15 is 0 Å². The van der Waals surface area contributed by atoms with Gasteiger partial charge in [0.05, 0.1) is 21.2 Å². The fraction of sp³-hybridized carbons (Fsp3) is 0. The van der Waals surface area contributed by atoms with Crippen LogP contribution in [0.3, 0.4) is 0 Å². The van der Waals surface area contributed by atoms with Crippen LogP contribution >= 0.6 is 11.6 Å². The Balaban J connectivity index is 2.07. The Morgan fingerprint density at radius 3 is 2.78 bits per heavy atom. The van der Waals surface area contributed by atoms with Crippen LogP contribution in [0.2, 0.25) is 5.02 Å². The van der Waals surface area contributed by atoms with Crippen LogP contribution in [-0.4, -0.2) is 16.1 Å². The maximum atomic E-state index is 12.0. The number of pyridine rings is 1. The SMILES string of the molecule is O=[N+]([O-])c1cccc(C=Nc2ccc(Cl)c3cccnc23)c1[O-]. The molecule has 6 nitrogen and oxygen atoms in total. The Kier molecular flexibility index (Phi) is 3.91. The zero-order valence-electron chi connectivity index (χ0n) is 11.6. The Hall–Kier alpha value is -2.99. The van der Waals surface area contributed by atoms with Crippen molar-refractivity contribution in [3.63, 3.8) is 0 Å². The third kappa shape index (κ3) is 2.84. The summed E-state index contributed by atoms with van der Waals surface area (Å²) in [4.78, 5) is 18.6. The summed E-state index contributed by atoms with van der Waals surface area (Å²) in [6.07, 6.45) is 2.91. The van der Waals surface area contributed by atoms with E-state index < -0.39 is 16.4 Å². The largest absolute Gasteiger partial charge is 0.867 e. The molecule has 0 aliphatic rings. The van der Waals surface area contributed by atoms with Crippen LogP contribution in [0.1, 0.15) is 5.56 Å². The molecule has 0 aliphatic heterocycles. The maximum absolute atomic E-state index is 12.0. The topological polar surface area (TPSA) is 91.5 Å². The molecular formula is C16H9ClN3O3-. The van der Waals surface area contributed by atoms with Crippen LogP contribution in [0.25, 0.3) is 10.9 Å². The minimum Gasteiger partial charge on any atom is -0.867 e. The van der Waals surface area contributed by atoms with Crippen LogP contribution in [0.15, 0.2) is 53.7 Å². The Morgan fingerprint density at radius 1 is 1.17 bits per heavy atom. The van der Waals surface area contributed by atoms with E-state index in [-0.39, 0.29) is 5.56 Å². The molecule has 0 amide bonds. The molecule has 114 valence electrons. The molecule has 7 heteroatoms. The van der Waals surface area contributed by atoms with E-state index in [9.17, 15) is 15.2 Å². The summed E-state index contributed by atoms with van der Waals surface area (Å²) in [7, 11) is 0. The molecule has 0 N–H and O–H groups in total. The molecule has 0 saturated heterocycles. The molecule has 0 saturated carbocycles. The molecule has 0 fully saturated rings. The fourth-order valence-electron chi connectivity index (χ4n) is 2.15. The lowest BCUT2D eigenvalue weighted by Crippen LogP contribution is -2.01. The predicted molar refractivity (Wildman–Crippen MR) is 86.5 cm³/mol. The van der Waals surface area contributed by atoms with Crippen molar-refractivity contribution in [2.24, 2.45) is 4.99 Å². The van der Waals surface area contributed by atoms with Crippen molar-refractivity contribution in [3.05, 3.63) is 69.4 Å². The third-order valence-electron chi connectivity index (χ3n) is 3.26. The first-order valence-electron chi connectivity index (χ1n) is 6.59. The van der Waals surface area contributed by atoms with Crippen molar-refractivity contribution < 1.29 is 10.0 Å². The molecular weight excluding hydrogens is 318 g/mol. The standard InChI is InChI=1S/C16H10ClN3O3/c17-12-6-7-13(15-11(12)4-2-8-18-15)19-9-10-3-1-5-14(16(10)21)20(22)23/h1-9,21H/p-1. The van der Waals surface area contributed by atoms with Gasteiger partial charge in [0.1, 0.15) is 0 Å². The van der Waals surface area contributed by atoms with Crippen LogP contribution in [0, 0.1) is 10.1 Å². The van der Waals surface area contributed by atoms with E-state index in [1.807, 2.05) is 6.07 Å². The summed E-state index contributed by atoms with van der Waals surface area (Å²) >= 11 is 6.11. The van der Waals surface area contributed by atoms with Crippen molar-refractivity contribution >= 4 is 40.1 Å². The van der Waals surface area contributed by atoms with Crippen LogP contribution in [0.5, 0.6) is 5.75 Å². The van der Waals surface area contributed by atoms with Crippen LogP contribution < -0.4 is 5.11 Å². The van der Waals surface area contributed by atoms with Gasteiger partial charge in [0.15, 0.2) is 0 Å². The number of nitro groups is 1. The van der Waals surface area contributed by atoms with Gasteiger partial charge in [0.2, 0.25) is 0 Å². The number of fused-ring (bicyclic) bond motifs is 1. The van der Waals surface area contributed by atoms with Gasteiger partial charge in [-0.1, -0.05) is 23.7 Å². The number of nitrogens with zero attached hydrogens (tertiary/aromatic N) is 3. The Labute approximate surface area is 135 Å². The third-order valence-corrected chi connectivity index (χ3v) is 3.59. The molecule has 2 aromatic carbocycles. The maximum Gasteiger partial charge on any atom is 0.262 e. The lowest BCUT2D eigenvalue weighted by Gasteiger charge is -2.09. The van der Waals surface area contributed by atoms with Gasteiger partial charge < -0.3 is 5.11 Å². The van der Waals surface area contributed by atoms with Crippen molar-refractivity contribution in [1.82, 2.24) is 4.98 Å². The predicted octanol–water partition coefficient (Wildman–Crippen LogP) is 3.62. The van der Waals surface area contributed by atoms with E-state index in [2.05, 4.69) is 9.98 Å². The normalized spacial score (nSPS) is 11.2. The smallest absolute Gasteiger partial charge is 0.262 e. The minimum absolute atomic E-state index is 0.137. The van der Waals surface area contributed by atoms with Gasteiger partial charge >= 0.3 is 0 Å². The number of halogens is 1. The fourth-order valence-corrected chi connectivity index (χ4v) is 2.37. The summed E-state index contributed by atoms with van der Waals surface area (Å²) in [5.41, 5.74) is 0.774. The zero-order chi connectivity index (χ0) is 16.4. The number of nitro benzene ring substituents is 1. The minimum atomic E-state index is -0.709. The number of rotatable bonds is 3. The molecule has 0 radical (unpaired) electrons. The first-order chi connectivity index (χ1) is 11.1. The Bertz CT molecular complexity index is 941. The number of benzene rings is 2. The monoisotopic (exact) mass is 326 g/mol. The highest BCUT2D eigenvalue weighted by Gasteiger charge is 2.08. The molecule has 0 atom stereocenters. The van der Waals surface area contributed by atoms with Crippen LogP contribution in [0.4, 0.5) is 11.4 Å². The van der Waals surface area contributed by atoms with E-state index in [0.717, 1.165) is 5.39 Å². The van der Waals surface area contributed by atoms with Gasteiger partial charge in [-0.05, 0) is 35.6 Å². The highest BCUT2D eigenvalue weighted by atomic mass is 35.5. The molecule has 0 spiro atoms. The summed E-state index contributed by atoms with van der Waals surface area (Å²) < 4.78 is 0. The first-order valence-corrected chi connectivity index (χ1v) is 6.97. The second kappa shape index (κ2) is 6.02. The van der Waals surface area contributed by atoms with Gasteiger partial charge in [0, 0.05) is 23.9 Å². The molecule has 3 aromatic rings. The molecule has 1 heterocycles. The zero-order valence-corrected chi connectivity index (χ0v) is 12.4. The molecule has 3 rings (SSSR count). The lowest BCUT2D eigenvalue weighted by atomic mass is 10.1. The molecule has 0 aliphatic carbocycles. The van der Waals surface area contributed by atoms with E-state index in [1.54, 1.807) is 24.4 Å². The number of hydrogen-bond acceptors (Lipinski definition) is 5. The molecule has 1 aromatic heterocycles. The number of para-hydroxylation sites is 1. The molecule has 0 unspecified atom stereocenters. The van der Waals surface area contributed by atoms with Gasteiger partial charge in [-0.15, -0.1) is 0 Å². The highest BCUT2D eigenvalue weighted by Crippen LogP contribution is 2.30. The summed E-state index contributed by atoms with van der Waals surface area (Å²) in [6, 6.07) is 11.0. The van der Waals surface area contributed by atoms with E-state index in [1.165, 1.54) is 24.4 Å². The van der Waals surface area contributed by atoms with E-state index in [4.69, 9.17) is 11.6 Å². The Morgan fingerprint density at radius 2 is 2.00 bits per heavy atom. The van der Waals surface area contributed by atoms with E-state index in [0.29, 0.717) is 16.2 Å². The summed E-state index contributed by atoms with van der Waals surface area (Å²) in [5, 5.41) is 24.1. The second-order valence-corrected chi connectivity index (χ2v) is 5.08. The number of aromatic nitrogens is 1. The lowest BCUT2D eigenvalue weighted by molar-refractivity contribution is -0.398. The van der Waals surface area contributed by atoms with Gasteiger partial charge in [0.25, 0.3) is 5.69 Å². The molecule has 23 heavy (non-hydrogen) atoms. The second-order valence-electron chi connectivity index (χ2n) is 4.68. The summed E-state index contributed by atoms with van der Waals surface area (Å²) in [6.45, 7) is 0. The van der Waals surface area contributed by atoms with Gasteiger partial charge in [-0.25, -0.2) is 0 Å². The number of hydrogen-bond donors (Lipinski definition) is 0. The van der Waals surface area contributed by atoms with Crippen molar-refractivity contribution in [2.45, 2.75) is 0 Å². The van der Waals surface area contributed by atoms with Gasteiger partial charge in [-0.3, -0.25) is 20.1 Å². The van der Waals surface area contributed by atoms with Crippen molar-refractivity contribution in [3.8, 4) is 5.75 Å². The first kappa shape index (κ1) is 14.9. The average molecular weight is 327 g/mol. The highest BCUT2D eigenvalue weighted by molar-refractivity contribution is 6.35. The molecule has 0 bridgehead atoms. The van der Waals surface area contributed by atoms with Crippen molar-refractivity contribution in [2.75, 3.05) is 0 Å². The van der Waals surface area contributed by atoms with Gasteiger partial charge in [-0.2, -0.15) is 0 Å². The quantitative estimate of drug-likeness (QED) is 0.417. The number of aliphatic imine (C=N–C) groups is 1. The van der Waals surface area contributed by atoms with Crippen LogP contribution in [-0.2, 0) is 0 Å².